The van der Waals surface area contributed by atoms with Gasteiger partial charge in [-0.05, 0) is 44.2 Å². The van der Waals surface area contributed by atoms with Crippen molar-refractivity contribution in [2.75, 3.05) is 0 Å². The average molecular weight is 218 g/mol. The van der Waals surface area contributed by atoms with Crippen LogP contribution in [0, 0.1) is 5.82 Å². The second-order valence-electron chi connectivity index (χ2n) is 3.45. The summed E-state index contributed by atoms with van der Waals surface area (Å²) in [5.41, 5.74) is 1.06. The number of allylic oxidation sites excluding steroid dienone is 5. The Kier molecular flexibility index (Phi) is 4.52. The van der Waals surface area contributed by atoms with Crippen LogP contribution < -0.4 is 4.74 Å². The Labute approximate surface area is 95.6 Å². The van der Waals surface area contributed by atoms with Gasteiger partial charge in [-0.1, -0.05) is 24.3 Å². The zero-order valence-electron chi connectivity index (χ0n) is 9.53. The SMILES string of the molecule is C=C/C(C)=C\C=C(/C)Oc1ccc(F)cc1. The van der Waals surface area contributed by atoms with E-state index in [0.717, 1.165) is 11.3 Å². The second-order valence-corrected chi connectivity index (χ2v) is 3.45. The Morgan fingerprint density at radius 2 is 1.81 bits per heavy atom. The highest BCUT2D eigenvalue weighted by Crippen LogP contribution is 2.14. The van der Waals surface area contributed by atoms with E-state index in [1.807, 2.05) is 26.0 Å². The fourth-order valence-electron chi connectivity index (χ4n) is 1.04. The average Bonchev–Trinajstić information content (AvgIpc) is 2.29. The van der Waals surface area contributed by atoms with Crippen LogP contribution in [-0.4, -0.2) is 0 Å². The maximum atomic E-state index is 12.6. The van der Waals surface area contributed by atoms with Gasteiger partial charge in [-0.3, -0.25) is 0 Å². The number of hydrogen-bond acceptors (Lipinski definition) is 1. The van der Waals surface area contributed by atoms with E-state index < -0.39 is 0 Å². The predicted molar refractivity (Wildman–Crippen MR) is 64.7 cm³/mol. The molecule has 0 saturated heterocycles. The topological polar surface area (TPSA) is 9.23 Å². The molecule has 0 atom stereocenters. The van der Waals surface area contributed by atoms with E-state index in [-0.39, 0.29) is 5.82 Å². The second kappa shape index (κ2) is 5.91. The minimum Gasteiger partial charge on any atom is -0.462 e. The summed E-state index contributed by atoms with van der Waals surface area (Å²) < 4.78 is 18.1. The first-order valence-corrected chi connectivity index (χ1v) is 5.03. The molecule has 0 aliphatic carbocycles. The van der Waals surface area contributed by atoms with Gasteiger partial charge in [0.15, 0.2) is 0 Å². The highest BCUT2D eigenvalue weighted by Gasteiger charge is 1.95. The molecular weight excluding hydrogens is 203 g/mol. The fraction of sp³-hybridized carbons (Fsp3) is 0.143. The quantitative estimate of drug-likeness (QED) is 0.542. The van der Waals surface area contributed by atoms with Gasteiger partial charge in [-0.15, -0.1) is 0 Å². The van der Waals surface area contributed by atoms with Crippen molar-refractivity contribution >= 4 is 0 Å². The van der Waals surface area contributed by atoms with Crippen LogP contribution in [-0.2, 0) is 0 Å². The van der Waals surface area contributed by atoms with E-state index in [2.05, 4.69) is 6.58 Å². The Morgan fingerprint density at radius 1 is 1.19 bits per heavy atom. The molecule has 0 fully saturated rings. The molecule has 1 rings (SSSR count). The van der Waals surface area contributed by atoms with Gasteiger partial charge in [0.05, 0.1) is 0 Å². The molecule has 0 unspecified atom stereocenters. The largest absolute Gasteiger partial charge is 0.462 e. The maximum Gasteiger partial charge on any atom is 0.127 e. The summed E-state index contributed by atoms with van der Waals surface area (Å²) in [6.45, 7) is 7.45. The van der Waals surface area contributed by atoms with Crippen LogP contribution in [0.5, 0.6) is 5.75 Å². The zero-order valence-corrected chi connectivity index (χ0v) is 9.53. The van der Waals surface area contributed by atoms with Crippen molar-refractivity contribution in [1.29, 1.82) is 0 Å². The van der Waals surface area contributed by atoms with Gasteiger partial charge in [-0.25, -0.2) is 4.39 Å². The van der Waals surface area contributed by atoms with E-state index in [0.29, 0.717) is 5.75 Å². The highest BCUT2D eigenvalue weighted by atomic mass is 19.1. The molecule has 2 heteroatoms. The Bertz CT molecular complexity index is 413. The van der Waals surface area contributed by atoms with Gasteiger partial charge >= 0.3 is 0 Å². The van der Waals surface area contributed by atoms with Crippen molar-refractivity contribution in [3.05, 3.63) is 66.2 Å². The van der Waals surface area contributed by atoms with Crippen molar-refractivity contribution in [1.82, 2.24) is 0 Å². The molecule has 16 heavy (non-hydrogen) atoms. The molecule has 0 bridgehead atoms. The summed E-state index contributed by atoms with van der Waals surface area (Å²) in [5, 5.41) is 0. The van der Waals surface area contributed by atoms with Crippen molar-refractivity contribution in [2.45, 2.75) is 13.8 Å². The van der Waals surface area contributed by atoms with Crippen LogP contribution in [0.4, 0.5) is 4.39 Å². The third-order valence-corrected chi connectivity index (χ3v) is 2.00. The Morgan fingerprint density at radius 3 is 2.38 bits per heavy atom. The molecule has 0 amide bonds. The minimum absolute atomic E-state index is 0.267. The molecule has 0 aromatic heterocycles. The van der Waals surface area contributed by atoms with E-state index in [9.17, 15) is 4.39 Å². The maximum absolute atomic E-state index is 12.6. The molecule has 0 spiro atoms. The van der Waals surface area contributed by atoms with Crippen LogP contribution in [0.25, 0.3) is 0 Å². The van der Waals surface area contributed by atoms with Crippen LogP contribution >= 0.6 is 0 Å². The van der Waals surface area contributed by atoms with E-state index >= 15 is 0 Å². The van der Waals surface area contributed by atoms with E-state index in [4.69, 9.17) is 4.74 Å². The van der Waals surface area contributed by atoms with Crippen molar-refractivity contribution in [3.8, 4) is 5.75 Å². The summed E-state index contributed by atoms with van der Waals surface area (Å²) >= 11 is 0. The number of rotatable bonds is 4. The third kappa shape index (κ3) is 4.13. The molecule has 0 aliphatic heterocycles. The molecule has 84 valence electrons. The lowest BCUT2D eigenvalue weighted by Gasteiger charge is -2.04. The molecule has 0 aliphatic rings. The smallest absolute Gasteiger partial charge is 0.127 e. The Balaban J connectivity index is 2.67. The van der Waals surface area contributed by atoms with Gasteiger partial charge in [0.2, 0.25) is 0 Å². The summed E-state index contributed by atoms with van der Waals surface area (Å²) in [4.78, 5) is 0. The van der Waals surface area contributed by atoms with Gasteiger partial charge in [0.1, 0.15) is 17.3 Å². The highest BCUT2D eigenvalue weighted by molar-refractivity contribution is 5.26. The van der Waals surface area contributed by atoms with Gasteiger partial charge in [0.25, 0.3) is 0 Å². The van der Waals surface area contributed by atoms with E-state index in [1.54, 1.807) is 18.2 Å². The normalized spacial score (nSPS) is 12.4. The lowest BCUT2D eigenvalue weighted by Crippen LogP contribution is -1.90. The standard InChI is InChI=1S/C14H15FO/c1-4-11(2)5-6-12(3)16-14-9-7-13(15)8-10-14/h4-10H,1H2,2-3H3/b11-5-,12-6+. The van der Waals surface area contributed by atoms with Gasteiger partial charge in [-0.2, -0.15) is 0 Å². The summed E-state index contributed by atoms with van der Waals surface area (Å²) in [6, 6.07) is 5.92. The van der Waals surface area contributed by atoms with Gasteiger partial charge < -0.3 is 4.74 Å². The monoisotopic (exact) mass is 218 g/mol. The zero-order chi connectivity index (χ0) is 12.0. The van der Waals surface area contributed by atoms with Crippen molar-refractivity contribution < 1.29 is 9.13 Å². The number of hydrogen-bond donors (Lipinski definition) is 0. The van der Waals surface area contributed by atoms with Crippen LogP contribution in [0.15, 0.2) is 60.4 Å². The number of halogens is 1. The lowest BCUT2D eigenvalue weighted by molar-refractivity contribution is 0.426. The summed E-state index contributed by atoms with van der Waals surface area (Å²) in [5.74, 6) is 1.10. The molecule has 1 aromatic rings. The lowest BCUT2D eigenvalue weighted by atomic mass is 10.2. The summed E-state index contributed by atoms with van der Waals surface area (Å²) in [7, 11) is 0. The predicted octanol–water partition coefficient (Wildman–Crippen LogP) is 4.24. The molecule has 1 nitrogen and oxygen atoms in total. The summed E-state index contributed by atoms with van der Waals surface area (Å²) in [6.07, 6.45) is 5.52. The molecule has 0 radical (unpaired) electrons. The Hall–Kier alpha value is -1.83. The first-order valence-electron chi connectivity index (χ1n) is 5.03. The van der Waals surface area contributed by atoms with Crippen LogP contribution in [0.3, 0.4) is 0 Å². The minimum atomic E-state index is -0.267. The molecule has 0 heterocycles. The van der Waals surface area contributed by atoms with Gasteiger partial charge in [0, 0.05) is 0 Å². The first-order chi connectivity index (χ1) is 7.61. The molecular formula is C14H15FO. The third-order valence-electron chi connectivity index (χ3n) is 2.00. The molecule has 0 N–H and O–H groups in total. The van der Waals surface area contributed by atoms with E-state index in [1.165, 1.54) is 12.1 Å². The first kappa shape index (κ1) is 12.2. The fourth-order valence-corrected chi connectivity index (χ4v) is 1.04. The van der Waals surface area contributed by atoms with Crippen molar-refractivity contribution in [3.63, 3.8) is 0 Å². The van der Waals surface area contributed by atoms with Crippen LogP contribution in [0.1, 0.15) is 13.8 Å². The van der Waals surface area contributed by atoms with Crippen molar-refractivity contribution in [2.24, 2.45) is 0 Å². The van der Waals surface area contributed by atoms with Crippen LogP contribution in [0.2, 0.25) is 0 Å². The molecule has 0 saturated carbocycles. The number of benzene rings is 1. The molecule has 1 aromatic carbocycles. The number of ether oxygens (including phenoxy) is 1.